The van der Waals surface area contributed by atoms with E-state index in [4.69, 9.17) is 4.74 Å². The second-order valence-electron chi connectivity index (χ2n) is 9.40. The van der Waals surface area contributed by atoms with Gasteiger partial charge < -0.3 is 4.74 Å². The van der Waals surface area contributed by atoms with Crippen molar-refractivity contribution in [2.24, 2.45) is 5.92 Å². The van der Waals surface area contributed by atoms with Gasteiger partial charge in [0.25, 0.3) is 0 Å². The van der Waals surface area contributed by atoms with Crippen LogP contribution in [-0.2, 0) is 11.3 Å². The second-order valence-corrected chi connectivity index (χ2v) is 9.40. The summed E-state index contributed by atoms with van der Waals surface area (Å²) in [6.07, 6.45) is 12.6. The zero-order chi connectivity index (χ0) is 22.9. The number of benzene rings is 3. The molecule has 4 rings (SSSR count). The van der Waals surface area contributed by atoms with Gasteiger partial charge in [0.2, 0.25) is 0 Å². The Morgan fingerprint density at radius 1 is 0.727 bits per heavy atom. The lowest BCUT2D eigenvalue weighted by molar-refractivity contribution is 0.134. The van der Waals surface area contributed by atoms with E-state index >= 15 is 0 Å². The van der Waals surface area contributed by atoms with Crippen molar-refractivity contribution in [2.75, 3.05) is 6.61 Å². The lowest BCUT2D eigenvalue weighted by atomic mass is 9.77. The molecule has 0 radical (unpaired) electrons. The average Bonchev–Trinajstić information content (AvgIpc) is 2.89. The van der Waals surface area contributed by atoms with Gasteiger partial charge in [0.05, 0.1) is 6.61 Å². The van der Waals surface area contributed by atoms with Crippen LogP contribution in [0, 0.1) is 5.92 Å². The first-order chi connectivity index (χ1) is 16.3. The molecule has 1 aliphatic carbocycles. The van der Waals surface area contributed by atoms with E-state index in [0.29, 0.717) is 6.61 Å². The maximum absolute atomic E-state index is 5.50. The quantitative estimate of drug-likeness (QED) is 0.303. The molecule has 33 heavy (non-hydrogen) atoms. The van der Waals surface area contributed by atoms with Crippen molar-refractivity contribution in [3.8, 4) is 22.3 Å². The fourth-order valence-corrected chi connectivity index (χ4v) is 5.10. The highest BCUT2D eigenvalue weighted by atomic mass is 16.5. The third-order valence-corrected chi connectivity index (χ3v) is 7.18. The van der Waals surface area contributed by atoms with E-state index in [1.807, 2.05) is 6.92 Å². The summed E-state index contributed by atoms with van der Waals surface area (Å²) in [7, 11) is 0. The van der Waals surface area contributed by atoms with Crippen LogP contribution in [0.25, 0.3) is 22.3 Å². The van der Waals surface area contributed by atoms with E-state index < -0.39 is 0 Å². The minimum atomic E-state index is 0.684. The Kier molecular flexibility index (Phi) is 8.55. The highest BCUT2D eigenvalue weighted by molar-refractivity contribution is 5.70. The molecule has 1 fully saturated rings. The zero-order valence-electron chi connectivity index (χ0n) is 20.3. The lowest BCUT2D eigenvalue weighted by Crippen LogP contribution is -2.13. The fraction of sp³-hybridized carbons (Fsp3) is 0.375. The van der Waals surface area contributed by atoms with Gasteiger partial charge >= 0.3 is 0 Å². The highest BCUT2D eigenvalue weighted by Gasteiger charge is 2.21. The summed E-state index contributed by atoms with van der Waals surface area (Å²) in [5.41, 5.74) is 7.83. The van der Waals surface area contributed by atoms with Crippen LogP contribution < -0.4 is 0 Å². The molecule has 3 aromatic rings. The molecular formula is C32H38O. The molecule has 0 saturated heterocycles. The van der Waals surface area contributed by atoms with Crippen LogP contribution in [0.2, 0.25) is 0 Å². The van der Waals surface area contributed by atoms with Gasteiger partial charge in [0.15, 0.2) is 0 Å². The Balaban J connectivity index is 1.34. The lowest BCUT2D eigenvalue weighted by Gasteiger charge is -2.28. The molecule has 0 unspecified atom stereocenters. The number of hydrogen-bond acceptors (Lipinski definition) is 1. The van der Waals surface area contributed by atoms with Crippen LogP contribution in [0.5, 0.6) is 0 Å². The van der Waals surface area contributed by atoms with Crippen molar-refractivity contribution < 1.29 is 4.74 Å². The predicted molar refractivity (Wildman–Crippen MR) is 141 cm³/mol. The number of allylic oxidation sites excluding steroid dienone is 2. The number of hydrogen-bond donors (Lipinski definition) is 0. The van der Waals surface area contributed by atoms with E-state index in [2.05, 4.69) is 91.9 Å². The molecule has 1 nitrogen and oxygen atoms in total. The first-order valence-corrected chi connectivity index (χ1v) is 12.8. The molecule has 0 aliphatic heterocycles. The molecule has 0 amide bonds. The normalized spacial score (nSPS) is 18.6. The zero-order valence-corrected chi connectivity index (χ0v) is 20.3. The van der Waals surface area contributed by atoms with Crippen molar-refractivity contribution in [1.82, 2.24) is 0 Å². The molecule has 0 spiro atoms. The Morgan fingerprint density at radius 3 is 1.76 bits per heavy atom. The summed E-state index contributed by atoms with van der Waals surface area (Å²) in [5.74, 6) is 1.67. The molecule has 172 valence electrons. The standard InChI is InChI=1S/C32H38O/c1-3-5-6-7-25-8-12-27(13-9-25)29-16-20-31(21-17-29)32-22-18-30(19-23-32)28-14-10-26(11-15-28)24-33-4-2/h3,5,10-11,14-23,25,27H,4,6-9,12-13,24H2,1-2H3/b5-3+. The van der Waals surface area contributed by atoms with Crippen molar-refractivity contribution in [3.63, 3.8) is 0 Å². The Labute approximate surface area is 200 Å². The molecule has 1 aliphatic rings. The third kappa shape index (κ3) is 6.45. The van der Waals surface area contributed by atoms with Crippen LogP contribution in [0.4, 0.5) is 0 Å². The monoisotopic (exact) mass is 438 g/mol. The van der Waals surface area contributed by atoms with Gasteiger partial charge in [-0.2, -0.15) is 0 Å². The predicted octanol–water partition coefficient (Wildman–Crippen LogP) is 9.19. The van der Waals surface area contributed by atoms with Gasteiger partial charge in [-0.3, -0.25) is 0 Å². The molecule has 0 bridgehead atoms. The van der Waals surface area contributed by atoms with Crippen LogP contribution in [0.15, 0.2) is 84.9 Å². The van der Waals surface area contributed by atoms with Gasteiger partial charge in [0.1, 0.15) is 0 Å². The maximum atomic E-state index is 5.50. The molecule has 0 aromatic heterocycles. The highest BCUT2D eigenvalue weighted by Crippen LogP contribution is 2.38. The second kappa shape index (κ2) is 12.0. The van der Waals surface area contributed by atoms with Crippen molar-refractivity contribution in [2.45, 2.75) is 64.9 Å². The van der Waals surface area contributed by atoms with Crippen LogP contribution in [0.1, 0.15) is 69.4 Å². The minimum absolute atomic E-state index is 0.684. The fourth-order valence-electron chi connectivity index (χ4n) is 5.10. The summed E-state index contributed by atoms with van der Waals surface area (Å²) in [4.78, 5) is 0. The number of ether oxygens (including phenoxy) is 1. The van der Waals surface area contributed by atoms with Crippen molar-refractivity contribution in [3.05, 3.63) is 96.1 Å². The molecule has 0 N–H and O–H groups in total. The van der Waals surface area contributed by atoms with Crippen LogP contribution in [0.3, 0.4) is 0 Å². The molecule has 1 saturated carbocycles. The van der Waals surface area contributed by atoms with E-state index in [0.717, 1.165) is 18.4 Å². The van der Waals surface area contributed by atoms with E-state index in [9.17, 15) is 0 Å². The van der Waals surface area contributed by atoms with Gasteiger partial charge in [-0.05, 0) is 97.6 Å². The first-order valence-electron chi connectivity index (χ1n) is 12.8. The van der Waals surface area contributed by atoms with Gasteiger partial charge in [-0.15, -0.1) is 0 Å². The van der Waals surface area contributed by atoms with E-state index in [-0.39, 0.29) is 0 Å². The molecule has 0 atom stereocenters. The molecule has 3 aromatic carbocycles. The minimum Gasteiger partial charge on any atom is -0.377 e. The summed E-state index contributed by atoms with van der Waals surface area (Å²) < 4.78 is 5.50. The van der Waals surface area contributed by atoms with Crippen LogP contribution >= 0.6 is 0 Å². The average molecular weight is 439 g/mol. The van der Waals surface area contributed by atoms with Crippen molar-refractivity contribution in [1.29, 1.82) is 0 Å². The summed E-state index contributed by atoms with van der Waals surface area (Å²) in [6, 6.07) is 27.0. The van der Waals surface area contributed by atoms with E-state index in [1.165, 1.54) is 71.9 Å². The topological polar surface area (TPSA) is 9.23 Å². The Hall–Kier alpha value is -2.64. The third-order valence-electron chi connectivity index (χ3n) is 7.18. The number of rotatable bonds is 9. The van der Waals surface area contributed by atoms with Crippen molar-refractivity contribution >= 4 is 0 Å². The smallest absolute Gasteiger partial charge is 0.0716 e. The Morgan fingerprint density at radius 2 is 1.24 bits per heavy atom. The Bertz CT molecular complexity index is 988. The van der Waals surface area contributed by atoms with Crippen LogP contribution in [-0.4, -0.2) is 6.61 Å². The maximum Gasteiger partial charge on any atom is 0.0716 e. The van der Waals surface area contributed by atoms with E-state index in [1.54, 1.807) is 0 Å². The summed E-state index contributed by atoms with van der Waals surface area (Å²) in [6.45, 7) is 5.59. The van der Waals surface area contributed by atoms with Gasteiger partial charge in [0, 0.05) is 6.61 Å². The molecule has 0 heterocycles. The molecule has 1 heteroatoms. The van der Waals surface area contributed by atoms with Gasteiger partial charge in [-0.1, -0.05) is 84.9 Å². The molecular weight excluding hydrogens is 400 g/mol. The first kappa shape index (κ1) is 23.5. The SMILES string of the molecule is C/C=C/CCC1CCC(c2ccc(-c3ccc(-c4ccc(COCC)cc4)cc3)cc2)CC1. The summed E-state index contributed by atoms with van der Waals surface area (Å²) in [5, 5.41) is 0. The van der Waals surface area contributed by atoms with Gasteiger partial charge in [-0.25, -0.2) is 0 Å². The summed E-state index contributed by atoms with van der Waals surface area (Å²) >= 11 is 0. The largest absolute Gasteiger partial charge is 0.377 e.